The number of thioether (sulfide) groups is 1. The first-order valence-corrected chi connectivity index (χ1v) is 11.7. The Morgan fingerprint density at radius 3 is 2.59 bits per heavy atom. The zero-order valence-electron chi connectivity index (χ0n) is 18.6. The summed E-state index contributed by atoms with van der Waals surface area (Å²) in [6, 6.07) is 4.46. The maximum absolute atomic E-state index is 6.18. The summed E-state index contributed by atoms with van der Waals surface area (Å²) in [5, 5.41) is 0. The molecule has 0 bridgehead atoms. The Morgan fingerprint density at radius 1 is 1.19 bits per heavy atom. The minimum atomic E-state index is -0.0176. The van der Waals surface area contributed by atoms with Gasteiger partial charge >= 0.3 is 0 Å². The van der Waals surface area contributed by atoms with Crippen molar-refractivity contribution < 1.29 is 9.47 Å². The molecule has 0 saturated heterocycles. The van der Waals surface area contributed by atoms with Gasteiger partial charge in [-0.25, -0.2) is 0 Å². The van der Waals surface area contributed by atoms with Crippen LogP contribution in [0.4, 0.5) is 0 Å². The number of hydrogen-bond donors (Lipinski definition) is 0. The lowest BCUT2D eigenvalue weighted by Gasteiger charge is -2.24. The summed E-state index contributed by atoms with van der Waals surface area (Å²) in [4.78, 5) is 0. The molecule has 0 heterocycles. The van der Waals surface area contributed by atoms with Crippen molar-refractivity contribution in [1.29, 1.82) is 0 Å². The summed E-state index contributed by atoms with van der Waals surface area (Å²) in [6.45, 7) is 14.4. The summed E-state index contributed by atoms with van der Waals surface area (Å²) in [5.74, 6) is 2.26. The van der Waals surface area contributed by atoms with Crippen molar-refractivity contribution in [3.63, 3.8) is 0 Å². The lowest BCUT2D eigenvalue weighted by atomic mass is 9.99. The first-order valence-electron chi connectivity index (χ1n) is 10.3. The van der Waals surface area contributed by atoms with Gasteiger partial charge in [0, 0.05) is 6.61 Å². The number of aryl methyl sites for hydroxylation is 2. The van der Waals surface area contributed by atoms with Gasteiger partial charge in [-0.3, -0.25) is 0 Å². The van der Waals surface area contributed by atoms with E-state index in [2.05, 4.69) is 66.0 Å². The van der Waals surface area contributed by atoms with Crippen LogP contribution in [0.5, 0.6) is 5.75 Å². The SMILES string of the molecule is CCOC(C)(C)CCCC(C)=CCOc1cc(C)cc(C)c1CCCSC. The van der Waals surface area contributed by atoms with Crippen molar-refractivity contribution in [2.75, 3.05) is 25.2 Å². The van der Waals surface area contributed by atoms with Crippen LogP contribution in [0.15, 0.2) is 23.8 Å². The first-order chi connectivity index (χ1) is 12.8. The highest BCUT2D eigenvalue weighted by atomic mass is 32.2. The van der Waals surface area contributed by atoms with Gasteiger partial charge in [-0.05, 0) is 114 Å². The Bertz CT molecular complexity index is 590. The van der Waals surface area contributed by atoms with Gasteiger partial charge in [0.25, 0.3) is 0 Å². The van der Waals surface area contributed by atoms with Crippen molar-refractivity contribution in [1.82, 2.24) is 0 Å². The molecule has 0 aliphatic carbocycles. The van der Waals surface area contributed by atoms with Crippen LogP contribution in [0, 0.1) is 13.8 Å². The summed E-state index contributed by atoms with van der Waals surface area (Å²) in [6.07, 6.45) is 10.0. The third-order valence-electron chi connectivity index (χ3n) is 4.91. The summed E-state index contributed by atoms with van der Waals surface area (Å²) in [5.41, 5.74) is 5.38. The molecule has 0 spiro atoms. The van der Waals surface area contributed by atoms with Gasteiger partial charge in [0.05, 0.1) is 5.60 Å². The molecule has 1 aromatic carbocycles. The summed E-state index contributed by atoms with van der Waals surface area (Å²) < 4.78 is 12.0. The molecule has 0 aromatic heterocycles. The Kier molecular flexibility index (Phi) is 11.2. The third kappa shape index (κ3) is 9.71. The fourth-order valence-corrected chi connectivity index (χ4v) is 3.87. The second-order valence-electron chi connectivity index (χ2n) is 8.06. The topological polar surface area (TPSA) is 18.5 Å². The third-order valence-corrected chi connectivity index (χ3v) is 5.60. The van der Waals surface area contributed by atoms with Crippen molar-refractivity contribution in [3.8, 4) is 5.75 Å². The van der Waals surface area contributed by atoms with Gasteiger partial charge in [0.1, 0.15) is 12.4 Å². The van der Waals surface area contributed by atoms with E-state index in [0.29, 0.717) is 6.61 Å². The lowest BCUT2D eigenvalue weighted by Crippen LogP contribution is -2.24. The van der Waals surface area contributed by atoms with E-state index >= 15 is 0 Å². The smallest absolute Gasteiger partial charge is 0.123 e. The number of benzene rings is 1. The van der Waals surface area contributed by atoms with Gasteiger partial charge in [-0.2, -0.15) is 11.8 Å². The minimum Gasteiger partial charge on any atom is -0.489 e. The summed E-state index contributed by atoms with van der Waals surface area (Å²) in [7, 11) is 0. The lowest BCUT2D eigenvalue weighted by molar-refractivity contribution is -0.0173. The average Bonchev–Trinajstić information content (AvgIpc) is 2.56. The van der Waals surface area contributed by atoms with Crippen LogP contribution in [-0.2, 0) is 11.2 Å². The van der Waals surface area contributed by atoms with Gasteiger partial charge in [0.2, 0.25) is 0 Å². The quantitative estimate of drug-likeness (QED) is 0.268. The van der Waals surface area contributed by atoms with Gasteiger partial charge in [-0.1, -0.05) is 11.6 Å². The molecule has 2 nitrogen and oxygen atoms in total. The maximum Gasteiger partial charge on any atom is 0.123 e. The van der Waals surface area contributed by atoms with E-state index in [1.807, 2.05) is 11.8 Å². The molecule has 154 valence electrons. The van der Waals surface area contributed by atoms with Gasteiger partial charge in [0.15, 0.2) is 0 Å². The standard InChI is InChI=1S/C24H40O2S/c1-8-26-24(5,6)14-9-11-19(2)13-15-25-23-18-20(3)17-21(4)22(23)12-10-16-27-7/h13,17-18H,8-12,14-16H2,1-7H3. The molecule has 0 aliphatic heterocycles. The molecule has 0 fully saturated rings. The molecule has 0 unspecified atom stereocenters. The molecule has 1 aromatic rings. The highest BCUT2D eigenvalue weighted by Gasteiger charge is 2.16. The van der Waals surface area contributed by atoms with Crippen LogP contribution < -0.4 is 4.74 Å². The molecule has 0 radical (unpaired) electrons. The predicted octanol–water partition coefficient (Wildman–Crippen LogP) is 6.91. The fourth-order valence-electron chi connectivity index (χ4n) is 3.43. The highest BCUT2D eigenvalue weighted by Crippen LogP contribution is 2.26. The molecular weight excluding hydrogens is 352 g/mol. The molecule has 0 N–H and O–H groups in total. The first kappa shape index (κ1) is 24.1. The molecular formula is C24H40O2S. The zero-order valence-corrected chi connectivity index (χ0v) is 19.4. The molecule has 27 heavy (non-hydrogen) atoms. The van der Waals surface area contributed by atoms with Crippen LogP contribution in [-0.4, -0.2) is 30.8 Å². The van der Waals surface area contributed by atoms with E-state index < -0.39 is 0 Å². The maximum atomic E-state index is 6.18. The predicted molar refractivity (Wildman–Crippen MR) is 121 cm³/mol. The van der Waals surface area contributed by atoms with E-state index in [9.17, 15) is 0 Å². The van der Waals surface area contributed by atoms with Crippen molar-refractivity contribution in [3.05, 3.63) is 40.5 Å². The second kappa shape index (κ2) is 12.5. The van der Waals surface area contributed by atoms with E-state index in [-0.39, 0.29) is 5.60 Å². The van der Waals surface area contributed by atoms with Crippen molar-refractivity contribution in [2.45, 2.75) is 79.2 Å². The summed E-state index contributed by atoms with van der Waals surface area (Å²) >= 11 is 1.91. The van der Waals surface area contributed by atoms with Crippen LogP contribution in [0.3, 0.4) is 0 Å². The largest absolute Gasteiger partial charge is 0.489 e. The van der Waals surface area contributed by atoms with E-state index in [4.69, 9.17) is 9.47 Å². The van der Waals surface area contributed by atoms with Gasteiger partial charge < -0.3 is 9.47 Å². The van der Waals surface area contributed by atoms with E-state index in [1.54, 1.807) is 0 Å². The molecule has 1 rings (SSSR count). The molecule has 0 amide bonds. The second-order valence-corrected chi connectivity index (χ2v) is 9.05. The fraction of sp³-hybridized carbons (Fsp3) is 0.667. The average molecular weight is 393 g/mol. The van der Waals surface area contributed by atoms with E-state index in [1.165, 1.54) is 34.4 Å². The molecule has 0 atom stereocenters. The monoisotopic (exact) mass is 392 g/mol. The van der Waals surface area contributed by atoms with Crippen molar-refractivity contribution in [2.24, 2.45) is 0 Å². The molecule has 0 aliphatic rings. The molecule has 3 heteroatoms. The number of rotatable bonds is 13. The number of hydrogen-bond acceptors (Lipinski definition) is 3. The van der Waals surface area contributed by atoms with E-state index in [0.717, 1.165) is 38.0 Å². The van der Waals surface area contributed by atoms with Crippen LogP contribution >= 0.6 is 11.8 Å². The Morgan fingerprint density at radius 2 is 1.93 bits per heavy atom. The Hall–Kier alpha value is -0.930. The molecule has 0 saturated carbocycles. The van der Waals surface area contributed by atoms with Crippen LogP contribution in [0.2, 0.25) is 0 Å². The van der Waals surface area contributed by atoms with Gasteiger partial charge in [-0.15, -0.1) is 0 Å². The normalized spacial score (nSPS) is 12.5. The van der Waals surface area contributed by atoms with Crippen LogP contribution in [0.1, 0.15) is 70.1 Å². The van der Waals surface area contributed by atoms with Crippen LogP contribution in [0.25, 0.3) is 0 Å². The number of allylic oxidation sites excluding steroid dienone is 1. The Labute approximate surface area is 172 Å². The Balaban J connectivity index is 2.57. The minimum absolute atomic E-state index is 0.0176. The number of ether oxygens (including phenoxy) is 2. The zero-order chi connectivity index (χ0) is 20.3. The highest BCUT2D eigenvalue weighted by molar-refractivity contribution is 7.98. The van der Waals surface area contributed by atoms with Crippen molar-refractivity contribution >= 4 is 11.8 Å².